The van der Waals surface area contributed by atoms with Crippen LogP contribution >= 0.6 is 11.3 Å². The molecule has 3 heterocycles. The monoisotopic (exact) mass is 323 g/mol. The predicted molar refractivity (Wildman–Crippen MR) is 96.5 cm³/mol. The van der Waals surface area contributed by atoms with Crippen LogP contribution in [0.2, 0.25) is 0 Å². The number of hydrogen-bond acceptors (Lipinski definition) is 3. The summed E-state index contributed by atoms with van der Waals surface area (Å²) in [5, 5.41) is 2.70. The van der Waals surface area contributed by atoms with Crippen LogP contribution in [-0.4, -0.2) is 15.0 Å². The molecule has 0 aliphatic carbocycles. The Kier molecular flexibility index (Phi) is 4.12. The number of thiazole rings is 1. The van der Waals surface area contributed by atoms with E-state index in [-0.39, 0.29) is 5.56 Å². The van der Waals surface area contributed by atoms with Crippen molar-refractivity contribution in [2.45, 2.75) is 13.8 Å². The van der Waals surface area contributed by atoms with E-state index in [0.29, 0.717) is 5.56 Å². The lowest BCUT2D eigenvalue weighted by Gasteiger charge is -2.03. The Balaban J connectivity index is 2.09. The molecule has 116 valence electrons. The van der Waals surface area contributed by atoms with E-state index in [1.54, 1.807) is 24.4 Å². The largest absolute Gasteiger partial charge is 0.364 e. The maximum Gasteiger partial charge on any atom is 0.258 e. The second-order valence-corrected chi connectivity index (χ2v) is 6.10. The van der Waals surface area contributed by atoms with Crippen molar-refractivity contribution in [2.24, 2.45) is 0 Å². The first-order chi connectivity index (χ1) is 11.1. The maximum atomic E-state index is 11.9. The molecule has 0 bridgehead atoms. The van der Waals surface area contributed by atoms with Crippen LogP contribution in [0.1, 0.15) is 18.2 Å². The van der Waals surface area contributed by atoms with Crippen LogP contribution in [0.4, 0.5) is 0 Å². The quantitative estimate of drug-likeness (QED) is 0.699. The Hall–Kier alpha value is -2.66. The number of pyridine rings is 1. The molecule has 0 saturated carbocycles. The normalized spacial score (nSPS) is 11.7. The number of aryl methyl sites for hydroxylation is 1. The van der Waals surface area contributed by atoms with Crippen LogP contribution < -0.4 is 5.56 Å². The van der Waals surface area contributed by atoms with E-state index in [0.717, 1.165) is 33.1 Å². The first-order valence-electron chi connectivity index (χ1n) is 7.23. The molecule has 0 fully saturated rings. The highest BCUT2D eigenvalue weighted by Crippen LogP contribution is 2.34. The summed E-state index contributed by atoms with van der Waals surface area (Å²) in [5.74, 6) is 0. The van der Waals surface area contributed by atoms with Gasteiger partial charge < -0.3 is 9.97 Å². The van der Waals surface area contributed by atoms with Gasteiger partial charge in [-0.25, -0.2) is 4.98 Å². The van der Waals surface area contributed by atoms with Crippen molar-refractivity contribution in [1.29, 1.82) is 0 Å². The molecule has 0 spiro atoms. The maximum absolute atomic E-state index is 11.9. The minimum atomic E-state index is -0.124. The van der Waals surface area contributed by atoms with E-state index in [1.807, 2.05) is 24.6 Å². The third-order valence-electron chi connectivity index (χ3n) is 3.67. The number of allylic oxidation sites excluding steroid dienone is 3. The summed E-state index contributed by atoms with van der Waals surface area (Å²) < 4.78 is 0. The van der Waals surface area contributed by atoms with Crippen molar-refractivity contribution >= 4 is 16.9 Å². The van der Waals surface area contributed by atoms with Gasteiger partial charge >= 0.3 is 0 Å². The minimum Gasteiger partial charge on any atom is -0.364 e. The molecule has 4 nitrogen and oxygen atoms in total. The average molecular weight is 323 g/mol. The fourth-order valence-electron chi connectivity index (χ4n) is 2.61. The molecule has 3 aromatic heterocycles. The summed E-state index contributed by atoms with van der Waals surface area (Å²) in [7, 11) is 0. The fourth-order valence-corrected chi connectivity index (χ4v) is 3.45. The van der Waals surface area contributed by atoms with Crippen LogP contribution in [0.3, 0.4) is 0 Å². The van der Waals surface area contributed by atoms with Crippen molar-refractivity contribution < 1.29 is 0 Å². The molecule has 0 saturated heterocycles. The van der Waals surface area contributed by atoms with Gasteiger partial charge in [-0.15, -0.1) is 11.3 Å². The number of nitrogens with zero attached hydrogens (tertiary/aromatic N) is 1. The van der Waals surface area contributed by atoms with E-state index in [4.69, 9.17) is 0 Å². The highest BCUT2D eigenvalue weighted by atomic mass is 32.1. The van der Waals surface area contributed by atoms with Gasteiger partial charge in [-0.05, 0) is 31.6 Å². The molecule has 5 heteroatoms. The first kappa shape index (κ1) is 15.2. The highest BCUT2D eigenvalue weighted by Gasteiger charge is 2.15. The van der Waals surface area contributed by atoms with Gasteiger partial charge in [0.05, 0.1) is 11.3 Å². The van der Waals surface area contributed by atoms with Crippen LogP contribution in [0.25, 0.3) is 27.4 Å². The molecular weight excluding hydrogens is 306 g/mol. The lowest BCUT2D eigenvalue weighted by Crippen LogP contribution is -2.06. The van der Waals surface area contributed by atoms with E-state index in [1.165, 1.54) is 11.3 Å². The predicted octanol–water partition coefficient (Wildman–Crippen LogP) is 4.39. The van der Waals surface area contributed by atoms with Gasteiger partial charge in [-0.3, -0.25) is 4.79 Å². The summed E-state index contributed by atoms with van der Waals surface area (Å²) in [6.45, 7) is 7.85. The molecule has 0 amide bonds. The topological polar surface area (TPSA) is 61.5 Å². The first-order valence-corrected chi connectivity index (χ1v) is 8.11. The molecule has 23 heavy (non-hydrogen) atoms. The van der Waals surface area contributed by atoms with Crippen molar-refractivity contribution in [3.05, 3.63) is 70.2 Å². The van der Waals surface area contributed by atoms with E-state index in [2.05, 4.69) is 28.5 Å². The van der Waals surface area contributed by atoms with Crippen molar-refractivity contribution in [3.63, 3.8) is 0 Å². The molecular formula is C18H17N3OS. The van der Waals surface area contributed by atoms with Crippen LogP contribution in [0.5, 0.6) is 0 Å². The number of hydrogen-bond donors (Lipinski definition) is 2. The van der Waals surface area contributed by atoms with Gasteiger partial charge in [0, 0.05) is 34.6 Å². The van der Waals surface area contributed by atoms with Gasteiger partial charge in [0.1, 0.15) is 5.01 Å². The molecule has 0 atom stereocenters. The van der Waals surface area contributed by atoms with Crippen molar-refractivity contribution in [2.75, 3.05) is 0 Å². The van der Waals surface area contributed by atoms with E-state index in [9.17, 15) is 4.79 Å². The second kappa shape index (κ2) is 6.22. The smallest absolute Gasteiger partial charge is 0.258 e. The Bertz CT molecular complexity index is 943. The van der Waals surface area contributed by atoms with Crippen molar-refractivity contribution in [3.8, 4) is 21.8 Å². The molecule has 0 unspecified atom stereocenters. The second-order valence-electron chi connectivity index (χ2n) is 5.24. The standard InChI is InChI=1S/C18H17N3OS/c1-4-6-11(2)16-12(3)20-9-14(16)15-10-23-18(21-15)13-7-5-8-19-17(13)22/h4-10,20H,1H2,2-3H3,(H,19,22)/b11-6-. The van der Waals surface area contributed by atoms with Gasteiger partial charge in [-0.2, -0.15) is 0 Å². The van der Waals surface area contributed by atoms with Gasteiger partial charge in [-0.1, -0.05) is 18.7 Å². The number of aromatic amines is 2. The SMILES string of the molecule is C=C/C=C(/C)c1c(-c2csc(-c3ccc[nH]c3=O)n2)c[nH]c1C. The summed E-state index contributed by atoms with van der Waals surface area (Å²) in [4.78, 5) is 22.5. The molecule has 0 aliphatic heterocycles. The third kappa shape index (κ3) is 2.83. The molecule has 3 rings (SSSR count). The molecule has 3 aromatic rings. The van der Waals surface area contributed by atoms with Crippen molar-refractivity contribution in [1.82, 2.24) is 15.0 Å². The minimum absolute atomic E-state index is 0.124. The molecule has 0 aromatic carbocycles. The molecule has 2 N–H and O–H groups in total. The van der Waals surface area contributed by atoms with Crippen LogP contribution in [0.15, 0.2) is 53.4 Å². The van der Waals surface area contributed by atoms with Crippen LogP contribution in [-0.2, 0) is 0 Å². The molecule has 0 aliphatic rings. The fraction of sp³-hybridized carbons (Fsp3) is 0.111. The summed E-state index contributed by atoms with van der Waals surface area (Å²) >= 11 is 1.47. The summed E-state index contributed by atoms with van der Waals surface area (Å²) in [6, 6.07) is 3.59. The van der Waals surface area contributed by atoms with E-state index < -0.39 is 0 Å². The average Bonchev–Trinajstić information content (AvgIpc) is 3.14. The zero-order chi connectivity index (χ0) is 16.4. The lowest BCUT2D eigenvalue weighted by molar-refractivity contribution is 1.23. The third-order valence-corrected chi connectivity index (χ3v) is 4.54. The number of nitrogens with one attached hydrogen (secondary N) is 2. The van der Waals surface area contributed by atoms with Gasteiger partial charge in [0.15, 0.2) is 0 Å². The number of rotatable bonds is 4. The number of H-pyrrole nitrogens is 2. The van der Waals surface area contributed by atoms with Crippen LogP contribution in [0, 0.1) is 6.92 Å². The van der Waals surface area contributed by atoms with Gasteiger partial charge in [0.25, 0.3) is 5.56 Å². The zero-order valence-corrected chi connectivity index (χ0v) is 13.8. The van der Waals surface area contributed by atoms with Gasteiger partial charge in [0.2, 0.25) is 0 Å². The Morgan fingerprint density at radius 1 is 1.35 bits per heavy atom. The Labute approximate surface area is 138 Å². The lowest BCUT2D eigenvalue weighted by atomic mass is 10.0. The van der Waals surface area contributed by atoms with E-state index >= 15 is 0 Å². The molecule has 0 radical (unpaired) electrons. The Morgan fingerprint density at radius 2 is 2.17 bits per heavy atom. The Morgan fingerprint density at radius 3 is 2.91 bits per heavy atom. The summed E-state index contributed by atoms with van der Waals surface area (Å²) in [6.07, 6.45) is 7.34. The zero-order valence-electron chi connectivity index (χ0n) is 13.0. The number of aromatic nitrogens is 3. The summed E-state index contributed by atoms with van der Waals surface area (Å²) in [5.41, 5.74) is 5.71. The highest BCUT2D eigenvalue weighted by molar-refractivity contribution is 7.13.